The zero-order valence-corrected chi connectivity index (χ0v) is 10.8. The Hall–Kier alpha value is -0.0500. The second kappa shape index (κ2) is 4.65. The maximum Gasteiger partial charge on any atom is 0.0417 e. The third-order valence-electron chi connectivity index (χ3n) is 2.05. The average Bonchev–Trinajstić information content (AvgIpc) is 2.00. The van der Waals surface area contributed by atoms with Gasteiger partial charge in [-0.1, -0.05) is 33.6 Å². The highest BCUT2D eigenvalue weighted by molar-refractivity contribution is 9.10. The first-order valence-electron chi connectivity index (χ1n) is 4.61. The van der Waals surface area contributed by atoms with E-state index in [1.54, 1.807) is 0 Å². The molecule has 14 heavy (non-hydrogen) atoms. The van der Waals surface area contributed by atoms with Crippen LogP contribution in [0.15, 0.2) is 22.7 Å². The molecule has 0 aromatic heterocycles. The van der Waals surface area contributed by atoms with Gasteiger partial charge < -0.3 is 5.73 Å². The summed E-state index contributed by atoms with van der Waals surface area (Å²) in [6, 6.07) is 5.86. The largest absolute Gasteiger partial charge is 0.326 e. The third-order valence-corrected chi connectivity index (χ3v) is 3.03. The fraction of sp³-hybridized carbons (Fsp3) is 0.455. The molecule has 0 spiro atoms. The lowest BCUT2D eigenvalue weighted by molar-refractivity contribution is 0.476. The molecule has 0 atom stereocenters. The van der Waals surface area contributed by atoms with Gasteiger partial charge in [-0.05, 0) is 44.4 Å². The number of hydrogen-bond acceptors (Lipinski definition) is 1. The quantitative estimate of drug-likeness (QED) is 0.893. The van der Waals surface area contributed by atoms with Gasteiger partial charge in [0.1, 0.15) is 0 Å². The highest BCUT2D eigenvalue weighted by atomic mass is 79.9. The smallest absolute Gasteiger partial charge is 0.0417 e. The number of rotatable bonds is 3. The van der Waals surface area contributed by atoms with E-state index in [0.717, 1.165) is 22.3 Å². The molecule has 1 nitrogen and oxygen atoms in total. The van der Waals surface area contributed by atoms with Gasteiger partial charge in [0.05, 0.1) is 0 Å². The monoisotopic (exact) mass is 275 g/mol. The number of benzene rings is 1. The summed E-state index contributed by atoms with van der Waals surface area (Å²) < 4.78 is 1.06. The third kappa shape index (κ3) is 3.99. The molecule has 0 unspecified atom stereocenters. The number of nitrogens with two attached hydrogens (primary N) is 1. The van der Waals surface area contributed by atoms with Crippen molar-refractivity contribution in [2.24, 2.45) is 5.73 Å². The molecule has 0 bridgehead atoms. The molecule has 78 valence electrons. The molecule has 0 aliphatic rings. The van der Waals surface area contributed by atoms with Crippen molar-refractivity contribution in [3.63, 3.8) is 0 Å². The minimum absolute atomic E-state index is 0.112. The van der Waals surface area contributed by atoms with Crippen molar-refractivity contribution in [2.45, 2.75) is 32.2 Å². The molecule has 0 saturated carbocycles. The van der Waals surface area contributed by atoms with Gasteiger partial charge in [0.15, 0.2) is 0 Å². The Kier molecular flexibility index (Phi) is 3.99. The topological polar surface area (TPSA) is 26.0 Å². The van der Waals surface area contributed by atoms with E-state index in [9.17, 15) is 0 Å². The SMILES string of the molecule is CC(C)(N)CCc1ccc(Cl)cc1Br. The van der Waals surface area contributed by atoms with Crippen LogP contribution in [0.3, 0.4) is 0 Å². The Morgan fingerprint density at radius 3 is 2.57 bits per heavy atom. The normalized spacial score (nSPS) is 11.8. The van der Waals surface area contributed by atoms with E-state index in [2.05, 4.69) is 15.9 Å². The van der Waals surface area contributed by atoms with Crippen LogP contribution >= 0.6 is 27.5 Å². The predicted molar refractivity (Wildman–Crippen MR) is 65.7 cm³/mol. The molecule has 2 N–H and O–H groups in total. The summed E-state index contributed by atoms with van der Waals surface area (Å²) in [6.07, 6.45) is 1.94. The van der Waals surface area contributed by atoms with Gasteiger partial charge >= 0.3 is 0 Å². The van der Waals surface area contributed by atoms with E-state index in [1.807, 2.05) is 32.0 Å². The summed E-state index contributed by atoms with van der Waals surface area (Å²) in [7, 11) is 0. The highest BCUT2D eigenvalue weighted by Crippen LogP contribution is 2.23. The summed E-state index contributed by atoms with van der Waals surface area (Å²) in [5.41, 5.74) is 7.07. The zero-order chi connectivity index (χ0) is 10.8. The minimum Gasteiger partial charge on any atom is -0.326 e. The fourth-order valence-electron chi connectivity index (χ4n) is 1.18. The molecule has 1 aromatic carbocycles. The summed E-state index contributed by atoms with van der Waals surface area (Å²) in [4.78, 5) is 0. The first-order chi connectivity index (χ1) is 6.38. The molecule has 0 aliphatic carbocycles. The maximum absolute atomic E-state index is 5.92. The van der Waals surface area contributed by atoms with Crippen molar-refractivity contribution in [2.75, 3.05) is 0 Å². The van der Waals surface area contributed by atoms with E-state index in [1.165, 1.54) is 5.56 Å². The number of aryl methyl sites for hydroxylation is 1. The van der Waals surface area contributed by atoms with E-state index < -0.39 is 0 Å². The second-order valence-corrected chi connectivity index (χ2v) is 5.52. The Bertz CT molecular complexity index is 318. The van der Waals surface area contributed by atoms with Crippen LogP contribution in [0.5, 0.6) is 0 Å². The molecular formula is C11H15BrClN. The average molecular weight is 277 g/mol. The zero-order valence-electron chi connectivity index (χ0n) is 8.48. The summed E-state index contributed by atoms with van der Waals surface area (Å²) in [5, 5.41) is 0.757. The van der Waals surface area contributed by atoms with Crippen molar-refractivity contribution in [1.82, 2.24) is 0 Å². The molecule has 1 rings (SSSR count). The van der Waals surface area contributed by atoms with Gasteiger partial charge in [-0.15, -0.1) is 0 Å². The Morgan fingerprint density at radius 1 is 1.43 bits per heavy atom. The Balaban J connectivity index is 2.68. The highest BCUT2D eigenvalue weighted by Gasteiger charge is 2.11. The first kappa shape index (κ1) is 12.0. The van der Waals surface area contributed by atoms with Crippen LogP contribution in [-0.4, -0.2) is 5.54 Å². The molecule has 1 aromatic rings. The standard InChI is InChI=1S/C11H15BrClN/c1-11(2,14)6-5-8-3-4-9(13)7-10(8)12/h3-4,7H,5-6,14H2,1-2H3. The van der Waals surface area contributed by atoms with E-state index >= 15 is 0 Å². The second-order valence-electron chi connectivity index (χ2n) is 4.22. The van der Waals surface area contributed by atoms with Gasteiger partial charge in [0.2, 0.25) is 0 Å². The van der Waals surface area contributed by atoms with Gasteiger partial charge in [-0.25, -0.2) is 0 Å². The molecule has 0 amide bonds. The lowest BCUT2D eigenvalue weighted by atomic mass is 9.97. The molecule has 0 fully saturated rings. The summed E-state index contributed by atoms with van der Waals surface area (Å²) in [6.45, 7) is 4.08. The maximum atomic E-state index is 5.92. The summed E-state index contributed by atoms with van der Waals surface area (Å²) in [5.74, 6) is 0. The van der Waals surface area contributed by atoms with Crippen LogP contribution < -0.4 is 5.73 Å². The molecule has 0 radical (unpaired) electrons. The van der Waals surface area contributed by atoms with Crippen molar-refractivity contribution in [3.8, 4) is 0 Å². The van der Waals surface area contributed by atoms with Gasteiger partial charge in [-0.2, -0.15) is 0 Å². The molecule has 0 saturated heterocycles. The molecule has 0 aliphatic heterocycles. The predicted octanol–water partition coefficient (Wildman–Crippen LogP) is 3.77. The van der Waals surface area contributed by atoms with Crippen molar-refractivity contribution in [3.05, 3.63) is 33.3 Å². The van der Waals surface area contributed by atoms with Crippen LogP contribution in [0.4, 0.5) is 0 Å². The van der Waals surface area contributed by atoms with Crippen LogP contribution in [0.2, 0.25) is 5.02 Å². The number of halogens is 2. The lowest BCUT2D eigenvalue weighted by Crippen LogP contribution is -2.32. The fourth-order valence-corrected chi connectivity index (χ4v) is 2.06. The van der Waals surface area contributed by atoms with Crippen LogP contribution in [0.25, 0.3) is 0 Å². The van der Waals surface area contributed by atoms with Crippen LogP contribution in [0, 0.1) is 0 Å². The van der Waals surface area contributed by atoms with E-state index in [0.29, 0.717) is 0 Å². The summed E-state index contributed by atoms with van der Waals surface area (Å²) >= 11 is 9.34. The van der Waals surface area contributed by atoms with Crippen molar-refractivity contribution < 1.29 is 0 Å². The van der Waals surface area contributed by atoms with Crippen LogP contribution in [-0.2, 0) is 6.42 Å². The van der Waals surface area contributed by atoms with Gasteiger partial charge in [-0.3, -0.25) is 0 Å². The van der Waals surface area contributed by atoms with Crippen LogP contribution in [0.1, 0.15) is 25.8 Å². The van der Waals surface area contributed by atoms with E-state index in [-0.39, 0.29) is 5.54 Å². The van der Waals surface area contributed by atoms with Crippen molar-refractivity contribution in [1.29, 1.82) is 0 Å². The van der Waals surface area contributed by atoms with Gasteiger partial charge in [0.25, 0.3) is 0 Å². The Labute approximate surface area is 98.8 Å². The van der Waals surface area contributed by atoms with Gasteiger partial charge in [0, 0.05) is 15.0 Å². The van der Waals surface area contributed by atoms with E-state index in [4.69, 9.17) is 17.3 Å². The lowest BCUT2D eigenvalue weighted by Gasteiger charge is -2.18. The van der Waals surface area contributed by atoms with Crippen molar-refractivity contribution >= 4 is 27.5 Å². The molecule has 0 heterocycles. The molecular weight excluding hydrogens is 261 g/mol. The molecule has 3 heteroatoms. The number of hydrogen-bond donors (Lipinski definition) is 1. The first-order valence-corrected chi connectivity index (χ1v) is 5.78. The Morgan fingerprint density at radius 2 is 2.07 bits per heavy atom. The minimum atomic E-state index is -0.112.